The van der Waals surface area contributed by atoms with Crippen molar-refractivity contribution in [2.75, 3.05) is 44.0 Å². The van der Waals surface area contributed by atoms with Crippen LogP contribution < -0.4 is 20.1 Å². The number of piperidine rings is 1. The van der Waals surface area contributed by atoms with Crippen LogP contribution in [0.3, 0.4) is 0 Å². The molecule has 4 aromatic rings. The van der Waals surface area contributed by atoms with Gasteiger partial charge in [0.2, 0.25) is 0 Å². The number of halogens is 1. The molecule has 2 N–H and O–H groups in total. The minimum atomic E-state index is -0.237. The van der Waals surface area contributed by atoms with E-state index in [1.54, 1.807) is 18.9 Å². The lowest BCUT2D eigenvalue weighted by Gasteiger charge is -2.28. The predicted octanol–water partition coefficient (Wildman–Crippen LogP) is 7.38. The molecule has 2 aliphatic heterocycles. The number of methoxy groups -OCH3 is 1. The van der Waals surface area contributed by atoms with Gasteiger partial charge in [-0.3, -0.25) is 0 Å². The third-order valence-electron chi connectivity index (χ3n) is 7.60. The number of nitrogens with zero attached hydrogens (tertiary/aromatic N) is 4. The molecule has 7 nitrogen and oxygen atoms in total. The molecule has 1 atom stereocenters. The molecule has 9 heteroatoms. The van der Waals surface area contributed by atoms with Gasteiger partial charge in [-0.25, -0.2) is 9.97 Å². The van der Waals surface area contributed by atoms with Crippen molar-refractivity contribution in [1.82, 2.24) is 14.9 Å². The van der Waals surface area contributed by atoms with Crippen LogP contribution in [0.15, 0.2) is 59.5 Å². The van der Waals surface area contributed by atoms with E-state index in [1.165, 1.54) is 32.4 Å². The summed E-state index contributed by atoms with van der Waals surface area (Å²) in [6, 6.07) is 18.1. The van der Waals surface area contributed by atoms with Crippen molar-refractivity contribution >= 4 is 51.5 Å². The van der Waals surface area contributed by atoms with Gasteiger partial charge in [-0.2, -0.15) is 0 Å². The molecular weight excluding hydrogens is 542 g/mol. The third-order valence-corrected chi connectivity index (χ3v) is 9.15. The Morgan fingerprint density at radius 2 is 1.85 bits per heavy atom. The maximum absolute atomic E-state index is 6.77. The van der Waals surface area contributed by atoms with Crippen LogP contribution in [0.4, 0.5) is 17.2 Å². The topological polar surface area (TPSA) is 76.7 Å². The molecule has 0 aliphatic carbocycles. The summed E-state index contributed by atoms with van der Waals surface area (Å²) in [5.74, 6) is 2.32. The van der Waals surface area contributed by atoms with Crippen molar-refractivity contribution in [3.63, 3.8) is 0 Å². The van der Waals surface area contributed by atoms with Gasteiger partial charge in [0.15, 0.2) is 17.3 Å². The number of fused-ring (bicyclic) bond motifs is 2. The molecule has 1 unspecified atom stereocenters. The molecule has 0 saturated carbocycles. The number of benzene rings is 3. The molecule has 1 fully saturated rings. The second-order valence-electron chi connectivity index (χ2n) is 10.3. The fraction of sp³-hybridized carbons (Fsp3) is 0.355. The Labute approximate surface area is 244 Å². The van der Waals surface area contributed by atoms with Crippen molar-refractivity contribution in [1.29, 1.82) is 0 Å². The van der Waals surface area contributed by atoms with E-state index in [0.717, 1.165) is 45.7 Å². The Bertz CT molecular complexity index is 1510. The number of ether oxygens (including phenoxy) is 2. The molecule has 6 rings (SSSR count). The van der Waals surface area contributed by atoms with E-state index in [1.807, 2.05) is 36.4 Å². The highest BCUT2D eigenvalue weighted by Crippen LogP contribution is 2.56. The minimum Gasteiger partial charge on any atom is -0.493 e. The number of hydrogen-bond donors (Lipinski definition) is 1. The number of nitrogen functional groups attached to an aromatic ring is 1. The minimum absolute atomic E-state index is 0.237. The number of thioether (sulfide) groups is 1. The van der Waals surface area contributed by atoms with Gasteiger partial charge in [-0.1, -0.05) is 54.0 Å². The number of nitrogens with two attached hydrogens (primary N) is 1. The molecule has 0 amide bonds. The average Bonchev–Trinajstić information content (AvgIpc) is 3.35. The van der Waals surface area contributed by atoms with Crippen molar-refractivity contribution < 1.29 is 9.47 Å². The zero-order valence-corrected chi connectivity index (χ0v) is 24.5. The molecule has 3 aromatic carbocycles. The number of anilines is 3. The summed E-state index contributed by atoms with van der Waals surface area (Å²) in [6.45, 7) is 6.10. The van der Waals surface area contributed by atoms with Crippen LogP contribution in [0.2, 0.25) is 5.02 Å². The van der Waals surface area contributed by atoms with E-state index in [2.05, 4.69) is 34.9 Å². The highest BCUT2D eigenvalue weighted by Gasteiger charge is 2.36. The predicted molar refractivity (Wildman–Crippen MR) is 164 cm³/mol. The van der Waals surface area contributed by atoms with Gasteiger partial charge in [0.25, 0.3) is 0 Å². The normalized spacial score (nSPS) is 17.3. The van der Waals surface area contributed by atoms with Crippen LogP contribution in [-0.2, 0) is 0 Å². The van der Waals surface area contributed by atoms with Crippen LogP contribution in [0, 0.1) is 6.92 Å². The summed E-state index contributed by atoms with van der Waals surface area (Å²) >= 11 is 8.46. The highest BCUT2D eigenvalue weighted by molar-refractivity contribution is 8.00. The maximum Gasteiger partial charge on any atom is 0.164 e. The molecule has 3 heterocycles. The third kappa shape index (κ3) is 5.28. The SMILES string of the molecule is COc1cc2c(N)nc(C3Sc4ccccc4N3c3c(C)cccc3Cl)nc2cc1OCCCN1CCCCC1. The first-order chi connectivity index (χ1) is 19.5. The smallest absolute Gasteiger partial charge is 0.164 e. The standard InChI is InChI=1S/C31H34ClN5O2S/c1-20-10-8-11-22(32)28(20)37-24-12-4-5-13-27(24)40-31(37)30-34-23-19-26(25(38-2)18-21(23)29(33)35-30)39-17-9-16-36-14-6-3-7-15-36/h4-5,8,10-13,18-19,31H,3,6-7,9,14-17H2,1-2H3,(H2,33,34,35). The van der Waals surface area contributed by atoms with Gasteiger partial charge in [0.1, 0.15) is 11.2 Å². The van der Waals surface area contributed by atoms with Crippen molar-refractivity contribution in [3.05, 3.63) is 71.0 Å². The molecule has 0 radical (unpaired) electrons. The fourth-order valence-corrected chi connectivity index (χ4v) is 7.14. The zero-order valence-electron chi connectivity index (χ0n) is 22.9. The summed E-state index contributed by atoms with van der Waals surface area (Å²) in [7, 11) is 1.64. The Morgan fingerprint density at radius 3 is 2.65 bits per heavy atom. The van der Waals surface area contributed by atoms with E-state index in [-0.39, 0.29) is 5.37 Å². The fourth-order valence-electron chi connectivity index (χ4n) is 5.60. The van der Waals surface area contributed by atoms with E-state index in [9.17, 15) is 0 Å². The van der Waals surface area contributed by atoms with Crippen molar-refractivity contribution in [3.8, 4) is 11.5 Å². The summed E-state index contributed by atoms with van der Waals surface area (Å²) in [6.07, 6.45) is 4.89. The number of aryl methyl sites for hydroxylation is 1. The molecular formula is C31H34ClN5O2S. The average molecular weight is 576 g/mol. The Morgan fingerprint density at radius 1 is 1.02 bits per heavy atom. The monoisotopic (exact) mass is 575 g/mol. The maximum atomic E-state index is 6.77. The van der Waals surface area contributed by atoms with E-state index in [4.69, 9.17) is 36.8 Å². The number of para-hydroxylation sites is 2. The highest BCUT2D eigenvalue weighted by atomic mass is 35.5. The summed E-state index contributed by atoms with van der Waals surface area (Å²) in [4.78, 5) is 15.7. The first-order valence-corrected chi connectivity index (χ1v) is 15.1. The lowest BCUT2D eigenvalue weighted by Crippen LogP contribution is -2.31. The van der Waals surface area contributed by atoms with Gasteiger partial charge in [-0.15, -0.1) is 0 Å². The second kappa shape index (κ2) is 11.7. The number of aromatic nitrogens is 2. The van der Waals surface area contributed by atoms with Crippen molar-refractivity contribution in [2.24, 2.45) is 0 Å². The zero-order chi connectivity index (χ0) is 27.6. The van der Waals surface area contributed by atoms with Gasteiger partial charge < -0.3 is 25.0 Å². The quantitative estimate of drug-likeness (QED) is 0.218. The van der Waals surface area contributed by atoms with Crippen LogP contribution >= 0.6 is 23.4 Å². The molecule has 2 aliphatic rings. The van der Waals surface area contributed by atoms with Crippen LogP contribution in [0.5, 0.6) is 11.5 Å². The lowest BCUT2D eigenvalue weighted by atomic mass is 10.1. The molecule has 1 aromatic heterocycles. The number of likely N-dealkylation sites (tertiary alicyclic amines) is 1. The first-order valence-electron chi connectivity index (χ1n) is 13.8. The van der Waals surface area contributed by atoms with Crippen LogP contribution in [-0.4, -0.2) is 48.2 Å². The molecule has 0 spiro atoms. The van der Waals surface area contributed by atoms with Gasteiger partial charge >= 0.3 is 0 Å². The second-order valence-corrected chi connectivity index (χ2v) is 11.8. The molecule has 208 valence electrons. The first kappa shape index (κ1) is 27.0. The van der Waals surface area contributed by atoms with Crippen LogP contribution in [0.1, 0.15) is 42.4 Å². The Balaban J connectivity index is 1.33. The number of hydrogen-bond acceptors (Lipinski definition) is 8. The summed E-state index contributed by atoms with van der Waals surface area (Å²) < 4.78 is 11.9. The van der Waals surface area contributed by atoms with Gasteiger partial charge in [0.05, 0.1) is 35.6 Å². The Kier molecular flexibility index (Phi) is 7.91. The summed E-state index contributed by atoms with van der Waals surface area (Å²) in [5, 5.41) is 1.18. The van der Waals surface area contributed by atoms with Gasteiger partial charge in [-0.05, 0) is 69.1 Å². The van der Waals surface area contributed by atoms with E-state index >= 15 is 0 Å². The molecule has 40 heavy (non-hydrogen) atoms. The van der Waals surface area contributed by atoms with Crippen LogP contribution in [0.25, 0.3) is 10.9 Å². The lowest BCUT2D eigenvalue weighted by molar-refractivity contribution is 0.203. The largest absolute Gasteiger partial charge is 0.493 e. The van der Waals surface area contributed by atoms with Gasteiger partial charge in [0, 0.05) is 22.9 Å². The molecule has 1 saturated heterocycles. The van der Waals surface area contributed by atoms with E-state index in [0.29, 0.717) is 34.8 Å². The van der Waals surface area contributed by atoms with E-state index < -0.39 is 0 Å². The summed E-state index contributed by atoms with van der Waals surface area (Å²) in [5.41, 5.74) is 10.4. The Hall–Kier alpha value is -3.20. The molecule has 0 bridgehead atoms. The number of rotatable bonds is 8. The van der Waals surface area contributed by atoms with Crippen molar-refractivity contribution in [2.45, 2.75) is 42.9 Å².